The summed E-state index contributed by atoms with van der Waals surface area (Å²) in [6.07, 6.45) is 5.92. The van der Waals surface area contributed by atoms with Gasteiger partial charge < -0.3 is 9.32 Å². The first-order valence-corrected chi connectivity index (χ1v) is 9.11. The zero-order valence-electron chi connectivity index (χ0n) is 15.0. The Bertz CT molecular complexity index is 684. The van der Waals surface area contributed by atoms with Gasteiger partial charge >= 0.3 is 0 Å². The zero-order chi connectivity index (χ0) is 17.6. The van der Waals surface area contributed by atoms with Gasteiger partial charge in [0, 0.05) is 43.7 Å². The van der Waals surface area contributed by atoms with Crippen molar-refractivity contribution in [1.82, 2.24) is 20.1 Å². The summed E-state index contributed by atoms with van der Waals surface area (Å²) in [4.78, 5) is 18.9. The molecule has 0 saturated carbocycles. The smallest absolute Gasteiger partial charge is 0.223 e. The maximum Gasteiger partial charge on any atom is 0.223 e. The molecule has 2 aromatic heterocycles. The third-order valence-corrected chi connectivity index (χ3v) is 4.62. The van der Waals surface area contributed by atoms with Crippen LogP contribution in [0.25, 0.3) is 0 Å². The summed E-state index contributed by atoms with van der Waals surface area (Å²) in [5.41, 5.74) is 1.11. The minimum atomic E-state index is 0.176. The molecule has 0 unspecified atom stereocenters. The van der Waals surface area contributed by atoms with E-state index in [-0.39, 0.29) is 11.8 Å². The number of likely N-dealkylation sites (tertiary alicyclic amines) is 1. The molecule has 1 amide bonds. The lowest BCUT2D eigenvalue weighted by Gasteiger charge is -2.32. The zero-order valence-corrected chi connectivity index (χ0v) is 15.0. The van der Waals surface area contributed by atoms with Crippen molar-refractivity contribution in [2.24, 2.45) is 5.92 Å². The minimum absolute atomic E-state index is 0.176. The summed E-state index contributed by atoms with van der Waals surface area (Å²) < 4.78 is 5.58. The summed E-state index contributed by atoms with van der Waals surface area (Å²) >= 11 is 0. The van der Waals surface area contributed by atoms with Gasteiger partial charge in [0.1, 0.15) is 0 Å². The van der Waals surface area contributed by atoms with E-state index in [4.69, 9.17) is 4.42 Å². The Morgan fingerprint density at radius 1 is 1.36 bits per heavy atom. The second kappa shape index (κ2) is 8.23. The average molecular weight is 342 g/mol. The van der Waals surface area contributed by atoms with Crippen LogP contribution in [0.5, 0.6) is 0 Å². The molecule has 6 heteroatoms. The van der Waals surface area contributed by atoms with E-state index in [1.807, 2.05) is 37.1 Å². The van der Waals surface area contributed by atoms with Crippen molar-refractivity contribution < 1.29 is 9.21 Å². The summed E-state index contributed by atoms with van der Waals surface area (Å²) in [6, 6.07) is 6.01. The lowest BCUT2D eigenvalue weighted by Crippen LogP contribution is -2.40. The average Bonchev–Trinajstić information content (AvgIpc) is 3.10. The first-order chi connectivity index (χ1) is 12.1. The van der Waals surface area contributed by atoms with Crippen LogP contribution in [0, 0.1) is 5.92 Å². The van der Waals surface area contributed by atoms with E-state index in [1.54, 1.807) is 0 Å². The van der Waals surface area contributed by atoms with Gasteiger partial charge in [-0.25, -0.2) is 0 Å². The van der Waals surface area contributed by atoms with E-state index in [2.05, 4.69) is 21.2 Å². The van der Waals surface area contributed by atoms with Gasteiger partial charge in [-0.1, -0.05) is 19.9 Å². The van der Waals surface area contributed by atoms with E-state index >= 15 is 0 Å². The molecule has 0 aliphatic carbocycles. The van der Waals surface area contributed by atoms with E-state index in [1.165, 1.54) is 0 Å². The maximum atomic E-state index is 12.5. The fourth-order valence-corrected chi connectivity index (χ4v) is 3.25. The Labute approximate surface area is 148 Å². The van der Waals surface area contributed by atoms with Crippen molar-refractivity contribution >= 4 is 5.91 Å². The molecule has 0 radical (unpaired) electrons. The highest BCUT2D eigenvalue weighted by atomic mass is 16.4. The van der Waals surface area contributed by atoms with Gasteiger partial charge in [0.25, 0.3) is 0 Å². The maximum absolute atomic E-state index is 12.5. The van der Waals surface area contributed by atoms with Crippen LogP contribution in [-0.4, -0.2) is 39.1 Å². The Balaban J connectivity index is 1.49. The predicted molar refractivity (Wildman–Crippen MR) is 94.0 cm³/mol. The Hall–Kier alpha value is -2.24. The number of carbonyl (C=O) groups is 1. The monoisotopic (exact) mass is 342 g/mol. The topological polar surface area (TPSA) is 72.1 Å². The van der Waals surface area contributed by atoms with Crippen LogP contribution >= 0.6 is 0 Å². The molecule has 3 rings (SSSR count). The molecule has 2 aromatic rings. The van der Waals surface area contributed by atoms with Crippen molar-refractivity contribution in [2.45, 2.75) is 51.9 Å². The van der Waals surface area contributed by atoms with Crippen LogP contribution in [0.1, 0.15) is 56.5 Å². The molecular formula is C19H26N4O2. The van der Waals surface area contributed by atoms with Gasteiger partial charge in [0.05, 0.1) is 0 Å². The van der Waals surface area contributed by atoms with Gasteiger partial charge in [-0.2, -0.15) is 0 Å². The number of nitrogens with zero attached hydrogens (tertiary/aromatic N) is 4. The third kappa shape index (κ3) is 4.87. The highest BCUT2D eigenvalue weighted by Crippen LogP contribution is 2.21. The van der Waals surface area contributed by atoms with Gasteiger partial charge in [0.15, 0.2) is 0 Å². The molecule has 1 aliphatic rings. The van der Waals surface area contributed by atoms with Crippen LogP contribution in [0.15, 0.2) is 28.8 Å². The third-order valence-electron chi connectivity index (χ3n) is 4.62. The van der Waals surface area contributed by atoms with Crippen molar-refractivity contribution in [1.29, 1.82) is 0 Å². The normalized spacial score (nSPS) is 17.9. The highest BCUT2D eigenvalue weighted by Gasteiger charge is 2.24. The van der Waals surface area contributed by atoms with Gasteiger partial charge in [-0.3, -0.25) is 9.78 Å². The first-order valence-electron chi connectivity index (χ1n) is 9.11. The van der Waals surface area contributed by atoms with Crippen LogP contribution < -0.4 is 0 Å². The number of rotatable bonds is 6. The van der Waals surface area contributed by atoms with Crippen molar-refractivity contribution in [3.05, 3.63) is 41.9 Å². The number of carbonyl (C=O) groups excluding carboxylic acids is 1. The molecule has 0 bridgehead atoms. The number of hydrogen-bond acceptors (Lipinski definition) is 5. The van der Waals surface area contributed by atoms with E-state index in [9.17, 15) is 4.79 Å². The standard InChI is InChI=1S/C19H26N4O2/c1-14(2)19-22-21-17(25-19)8-9-18(24)23-11-5-6-15(13-23)12-16-7-3-4-10-20-16/h3-4,7,10,14-15H,5-6,8-9,11-13H2,1-2H3/t15-/m0/s1. The molecule has 0 N–H and O–H groups in total. The Morgan fingerprint density at radius 2 is 2.24 bits per heavy atom. The first kappa shape index (κ1) is 17.6. The lowest BCUT2D eigenvalue weighted by molar-refractivity contribution is -0.133. The van der Waals surface area contributed by atoms with Gasteiger partial charge in [-0.05, 0) is 37.3 Å². The van der Waals surface area contributed by atoms with Gasteiger partial charge in [0.2, 0.25) is 17.7 Å². The Morgan fingerprint density at radius 3 is 2.96 bits per heavy atom. The van der Waals surface area contributed by atoms with E-state index in [0.29, 0.717) is 30.5 Å². The number of amides is 1. The molecule has 0 aromatic carbocycles. The molecule has 6 nitrogen and oxygen atoms in total. The number of aromatic nitrogens is 3. The van der Waals surface area contributed by atoms with Crippen molar-refractivity contribution in [3.63, 3.8) is 0 Å². The number of aryl methyl sites for hydroxylation is 1. The predicted octanol–water partition coefficient (Wildman–Crippen LogP) is 3.00. The van der Waals surface area contributed by atoms with Crippen molar-refractivity contribution in [2.75, 3.05) is 13.1 Å². The molecule has 134 valence electrons. The summed E-state index contributed by atoms with van der Waals surface area (Å²) in [7, 11) is 0. The van der Waals surface area contributed by atoms with Crippen LogP contribution in [-0.2, 0) is 17.6 Å². The largest absolute Gasteiger partial charge is 0.425 e. The van der Waals surface area contributed by atoms with Crippen LogP contribution in [0.4, 0.5) is 0 Å². The molecule has 1 aliphatic heterocycles. The van der Waals surface area contributed by atoms with E-state index in [0.717, 1.165) is 38.0 Å². The highest BCUT2D eigenvalue weighted by molar-refractivity contribution is 5.76. The minimum Gasteiger partial charge on any atom is -0.425 e. The second-order valence-electron chi connectivity index (χ2n) is 7.06. The molecular weight excluding hydrogens is 316 g/mol. The summed E-state index contributed by atoms with van der Waals surface area (Å²) in [5.74, 6) is 2.07. The molecule has 25 heavy (non-hydrogen) atoms. The lowest BCUT2D eigenvalue weighted by atomic mass is 9.93. The number of hydrogen-bond donors (Lipinski definition) is 0. The summed E-state index contributed by atoms with van der Waals surface area (Å²) in [5, 5.41) is 8.05. The molecule has 3 heterocycles. The quantitative estimate of drug-likeness (QED) is 0.807. The molecule has 0 spiro atoms. The second-order valence-corrected chi connectivity index (χ2v) is 7.06. The fraction of sp³-hybridized carbons (Fsp3) is 0.579. The van der Waals surface area contributed by atoms with Crippen molar-refractivity contribution in [3.8, 4) is 0 Å². The SMILES string of the molecule is CC(C)c1nnc(CCC(=O)N2CCC[C@@H](Cc3ccccn3)C2)o1. The fourth-order valence-electron chi connectivity index (χ4n) is 3.25. The molecule has 1 saturated heterocycles. The summed E-state index contributed by atoms with van der Waals surface area (Å²) in [6.45, 7) is 5.69. The van der Waals surface area contributed by atoms with Gasteiger partial charge in [-0.15, -0.1) is 10.2 Å². The molecule has 1 fully saturated rings. The number of pyridine rings is 1. The van der Waals surface area contributed by atoms with Crippen LogP contribution in [0.3, 0.4) is 0 Å². The number of piperidine rings is 1. The molecule has 1 atom stereocenters. The Kier molecular flexibility index (Phi) is 5.79. The van der Waals surface area contributed by atoms with E-state index < -0.39 is 0 Å². The van der Waals surface area contributed by atoms with Crippen LogP contribution in [0.2, 0.25) is 0 Å².